The molecular formula is C11H12O3. The van der Waals surface area contributed by atoms with Crippen LogP contribution in [0.4, 0.5) is 0 Å². The van der Waals surface area contributed by atoms with Crippen LogP contribution < -0.4 is 0 Å². The molecule has 0 radical (unpaired) electrons. The summed E-state index contributed by atoms with van der Waals surface area (Å²) in [5.41, 5.74) is 1.09. The van der Waals surface area contributed by atoms with Gasteiger partial charge in [-0.05, 0) is 30.5 Å². The largest absolute Gasteiger partial charge is 0.478 e. The molecule has 1 saturated carbocycles. The number of hydrogen-bond acceptors (Lipinski definition) is 2. The second kappa shape index (κ2) is 3.10. The van der Waals surface area contributed by atoms with Crippen molar-refractivity contribution in [3.8, 4) is 0 Å². The van der Waals surface area contributed by atoms with Crippen molar-refractivity contribution in [1.82, 2.24) is 0 Å². The number of carbonyl (C=O) groups is 1. The van der Waals surface area contributed by atoms with Crippen molar-refractivity contribution in [2.45, 2.75) is 18.4 Å². The highest BCUT2D eigenvalue weighted by Crippen LogP contribution is 2.48. The molecule has 2 rings (SSSR count). The Labute approximate surface area is 82.3 Å². The van der Waals surface area contributed by atoms with E-state index in [0.29, 0.717) is 5.56 Å². The molecule has 0 aromatic heterocycles. The molecule has 0 spiro atoms. The lowest BCUT2D eigenvalue weighted by molar-refractivity contribution is 0.0693. The predicted octanol–water partition coefficient (Wildman–Crippen LogP) is 2.02. The molecule has 3 heteroatoms. The number of benzene rings is 1. The van der Waals surface area contributed by atoms with Crippen LogP contribution in [0.3, 0.4) is 0 Å². The molecule has 1 aromatic carbocycles. The van der Waals surface area contributed by atoms with Crippen LogP contribution in [-0.2, 0) is 10.3 Å². The van der Waals surface area contributed by atoms with Crippen LogP contribution in [0.25, 0.3) is 0 Å². The Morgan fingerprint density at radius 1 is 1.50 bits per heavy atom. The van der Waals surface area contributed by atoms with Crippen LogP contribution in [0.2, 0.25) is 0 Å². The van der Waals surface area contributed by atoms with Gasteiger partial charge in [0.2, 0.25) is 0 Å². The maximum absolute atomic E-state index is 10.7. The topological polar surface area (TPSA) is 46.5 Å². The summed E-state index contributed by atoms with van der Waals surface area (Å²) in [5.74, 6) is -0.890. The summed E-state index contributed by atoms with van der Waals surface area (Å²) in [6.07, 6.45) is 1.96. The summed E-state index contributed by atoms with van der Waals surface area (Å²) in [7, 11) is 1.67. The first-order valence-corrected chi connectivity index (χ1v) is 4.57. The number of carboxylic acids is 1. The normalized spacial score (nSPS) is 17.8. The number of methoxy groups -OCH3 is 1. The van der Waals surface area contributed by atoms with Crippen LogP contribution in [0.1, 0.15) is 28.8 Å². The Hall–Kier alpha value is -1.35. The molecule has 0 atom stereocenters. The molecule has 1 fully saturated rings. The van der Waals surface area contributed by atoms with E-state index in [1.54, 1.807) is 25.3 Å². The Kier molecular flexibility index (Phi) is 2.04. The minimum Gasteiger partial charge on any atom is -0.478 e. The highest BCUT2D eigenvalue weighted by Gasteiger charge is 2.44. The summed E-state index contributed by atoms with van der Waals surface area (Å²) >= 11 is 0. The number of aromatic carboxylic acids is 1. The van der Waals surface area contributed by atoms with Gasteiger partial charge in [0, 0.05) is 7.11 Å². The molecule has 1 aromatic rings. The molecule has 0 bridgehead atoms. The summed E-state index contributed by atoms with van der Waals surface area (Å²) in [4.78, 5) is 10.7. The second-order valence-electron chi connectivity index (χ2n) is 3.58. The van der Waals surface area contributed by atoms with Gasteiger partial charge in [0.15, 0.2) is 0 Å². The molecule has 0 aliphatic heterocycles. The summed E-state index contributed by atoms with van der Waals surface area (Å²) in [5, 5.41) is 8.83. The quantitative estimate of drug-likeness (QED) is 0.796. The lowest BCUT2D eigenvalue weighted by Gasteiger charge is -2.13. The number of rotatable bonds is 3. The van der Waals surface area contributed by atoms with Crippen molar-refractivity contribution >= 4 is 5.97 Å². The van der Waals surface area contributed by atoms with Crippen molar-refractivity contribution in [2.24, 2.45) is 0 Å². The average molecular weight is 192 g/mol. The smallest absolute Gasteiger partial charge is 0.335 e. The maximum atomic E-state index is 10.7. The first kappa shape index (κ1) is 9.21. The fourth-order valence-electron chi connectivity index (χ4n) is 1.66. The summed E-state index contributed by atoms with van der Waals surface area (Å²) < 4.78 is 5.38. The molecule has 1 aliphatic rings. The van der Waals surface area contributed by atoms with Gasteiger partial charge in [0.1, 0.15) is 0 Å². The molecule has 14 heavy (non-hydrogen) atoms. The molecular weight excluding hydrogens is 180 g/mol. The van der Waals surface area contributed by atoms with Crippen molar-refractivity contribution in [2.75, 3.05) is 7.11 Å². The highest BCUT2D eigenvalue weighted by molar-refractivity contribution is 5.87. The van der Waals surface area contributed by atoms with Crippen LogP contribution in [0.15, 0.2) is 24.3 Å². The average Bonchev–Trinajstić information content (AvgIpc) is 2.98. The molecule has 0 saturated heterocycles. The van der Waals surface area contributed by atoms with E-state index in [1.165, 1.54) is 0 Å². The lowest BCUT2D eigenvalue weighted by Crippen LogP contribution is -2.10. The summed E-state index contributed by atoms with van der Waals surface area (Å²) in [6, 6.07) is 6.97. The number of ether oxygens (including phenoxy) is 1. The van der Waals surface area contributed by atoms with Crippen molar-refractivity contribution < 1.29 is 14.6 Å². The third kappa shape index (κ3) is 1.40. The third-order valence-electron chi connectivity index (χ3n) is 2.73. The number of carboxylic acid groups (broad SMARTS) is 1. The SMILES string of the molecule is COC1(c2cccc(C(=O)O)c2)CC1. The fraction of sp³-hybridized carbons (Fsp3) is 0.364. The van der Waals surface area contributed by atoms with Gasteiger partial charge >= 0.3 is 5.97 Å². The van der Waals surface area contributed by atoms with E-state index >= 15 is 0 Å². The zero-order chi connectivity index (χ0) is 10.2. The van der Waals surface area contributed by atoms with E-state index in [9.17, 15) is 4.79 Å². The van der Waals surface area contributed by atoms with Gasteiger partial charge < -0.3 is 9.84 Å². The molecule has 3 nitrogen and oxygen atoms in total. The Bertz CT molecular complexity index is 367. The first-order chi connectivity index (χ1) is 6.68. The molecule has 74 valence electrons. The van der Waals surface area contributed by atoms with Crippen LogP contribution in [0.5, 0.6) is 0 Å². The van der Waals surface area contributed by atoms with Crippen molar-refractivity contribution in [3.05, 3.63) is 35.4 Å². The molecule has 1 aliphatic carbocycles. The highest BCUT2D eigenvalue weighted by atomic mass is 16.5. The second-order valence-corrected chi connectivity index (χ2v) is 3.58. The summed E-state index contributed by atoms with van der Waals surface area (Å²) in [6.45, 7) is 0. The lowest BCUT2D eigenvalue weighted by atomic mass is 10.0. The van der Waals surface area contributed by atoms with Crippen LogP contribution in [0, 0.1) is 0 Å². The van der Waals surface area contributed by atoms with Gasteiger partial charge in [0.25, 0.3) is 0 Å². The van der Waals surface area contributed by atoms with Gasteiger partial charge in [0.05, 0.1) is 11.2 Å². The number of hydrogen-bond donors (Lipinski definition) is 1. The van der Waals surface area contributed by atoms with Gasteiger partial charge in [-0.2, -0.15) is 0 Å². The molecule has 1 N–H and O–H groups in total. The van der Waals surface area contributed by atoms with Crippen LogP contribution >= 0.6 is 0 Å². The Balaban J connectivity index is 2.36. The van der Waals surface area contributed by atoms with E-state index in [-0.39, 0.29) is 5.60 Å². The Morgan fingerprint density at radius 2 is 2.21 bits per heavy atom. The standard InChI is InChI=1S/C11H12O3/c1-14-11(5-6-11)9-4-2-3-8(7-9)10(12)13/h2-4,7H,5-6H2,1H3,(H,12,13). The minimum atomic E-state index is -0.890. The monoisotopic (exact) mass is 192 g/mol. The molecule has 0 heterocycles. The van der Waals surface area contributed by atoms with Crippen LogP contribution in [-0.4, -0.2) is 18.2 Å². The van der Waals surface area contributed by atoms with Crippen molar-refractivity contribution in [3.63, 3.8) is 0 Å². The van der Waals surface area contributed by atoms with Gasteiger partial charge in [-0.3, -0.25) is 0 Å². The molecule has 0 amide bonds. The zero-order valence-electron chi connectivity index (χ0n) is 7.99. The van der Waals surface area contributed by atoms with E-state index in [2.05, 4.69) is 0 Å². The zero-order valence-corrected chi connectivity index (χ0v) is 7.99. The van der Waals surface area contributed by atoms with E-state index in [0.717, 1.165) is 18.4 Å². The van der Waals surface area contributed by atoms with Crippen molar-refractivity contribution in [1.29, 1.82) is 0 Å². The predicted molar refractivity (Wildman–Crippen MR) is 51.3 cm³/mol. The van der Waals surface area contributed by atoms with Gasteiger partial charge in [-0.25, -0.2) is 4.79 Å². The minimum absolute atomic E-state index is 0.203. The van der Waals surface area contributed by atoms with E-state index in [4.69, 9.17) is 9.84 Å². The van der Waals surface area contributed by atoms with E-state index < -0.39 is 5.97 Å². The third-order valence-corrected chi connectivity index (χ3v) is 2.73. The molecule has 0 unspecified atom stereocenters. The first-order valence-electron chi connectivity index (χ1n) is 4.57. The Morgan fingerprint density at radius 3 is 2.71 bits per heavy atom. The van der Waals surface area contributed by atoms with Gasteiger partial charge in [-0.1, -0.05) is 12.1 Å². The maximum Gasteiger partial charge on any atom is 0.335 e. The fourth-order valence-corrected chi connectivity index (χ4v) is 1.66. The van der Waals surface area contributed by atoms with E-state index in [1.807, 2.05) is 6.07 Å². The van der Waals surface area contributed by atoms with Gasteiger partial charge in [-0.15, -0.1) is 0 Å².